The molecule has 2 N–H and O–H groups in total. The second kappa shape index (κ2) is 21.8. The van der Waals surface area contributed by atoms with Crippen LogP contribution in [0.5, 0.6) is 0 Å². The van der Waals surface area contributed by atoms with E-state index in [2.05, 4.69) is 72.2 Å². The van der Waals surface area contributed by atoms with Gasteiger partial charge in [0.05, 0.1) is 34.9 Å². The van der Waals surface area contributed by atoms with Crippen LogP contribution in [0.3, 0.4) is 0 Å². The number of nitriles is 1. The van der Waals surface area contributed by atoms with Gasteiger partial charge in [0, 0.05) is 52.1 Å². The number of carbonyl (C=O) groups is 2. The van der Waals surface area contributed by atoms with E-state index in [4.69, 9.17) is 4.98 Å². The van der Waals surface area contributed by atoms with Crippen LogP contribution in [0.4, 0.5) is 4.79 Å². The Morgan fingerprint density at radius 1 is 0.893 bits per heavy atom. The van der Waals surface area contributed by atoms with Crippen molar-refractivity contribution in [2.45, 2.75) is 146 Å². The number of fused-ring (bicyclic) bond motifs is 3. The standard InChI is InChI=1S/C48H61N5O2S/c1-2-3-4-5-6-7-8-9-10-11-13-23-37(46-39-26-17-16-22-36(39)31-32-50-46)24-14-12-15-25-38(33-49)41-34-53(43-28-19-18-27-40(41)43)45(54)30-21-20-29-44-47-42(35-56-44)51-48(55)52-47/h9-10,16-19,22,25-28,31-32,34,37,42,44,47H,2-8,11-15,20-21,23-24,29-30,35H2,1H3,(H2,51,52,55)/b10-9-,38-25+/t37?,42-,44-,47-/m0/s1. The van der Waals surface area contributed by atoms with Crippen molar-refractivity contribution in [3.05, 3.63) is 96.5 Å². The number of unbranched alkanes of at least 4 members (excludes halogenated alkanes) is 10. The van der Waals surface area contributed by atoms with Gasteiger partial charge in [-0.2, -0.15) is 17.0 Å². The summed E-state index contributed by atoms with van der Waals surface area (Å²) >= 11 is 1.91. The number of pyridine rings is 1. The Kier molecular flexibility index (Phi) is 16.1. The lowest BCUT2D eigenvalue weighted by Crippen LogP contribution is -2.36. The molecule has 0 aliphatic carbocycles. The van der Waals surface area contributed by atoms with E-state index in [0.29, 0.717) is 23.2 Å². The second-order valence-electron chi connectivity index (χ2n) is 15.8. The molecule has 1 unspecified atom stereocenters. The Balaban J connectivity index is 1.01. The van der Waals surface area contributed by atoms with Crippen molar-refractivity contribution in [1.29, 1.82) is 5.26 Å². The highest BCUT2D eigenvalue weighted by atomic mass is 32.2. The van der Waals surface area contributed by atoms with Gasteiger partial charge in [-0.3, -0.25) is 14.3 Å². The molecule has 0 radical (unpaired) electrons. The zero-order chi connectivity index (χ0) is 39.0. The minimum Gasteiger partial charge on any atom is -0.332 e. The lowest BCUT2D eigenvalue weighted by Gasteiger charge is -2.18. The van der Waals surface area contributed by atoms with Crippen LogP contribution in [0.1, 0.15) is 144 Å². The fourth-order valence-electron chi connectivity index (χ4n) is 8.63. The summed E-state index contributed by atoms with van der Waals surface area (Å²) in [6.45, 7) is 2.27. The van der Waals surface area contributed by atoms with Crippen LogP contribution in [-0.2, 0) is 0 Å². The van der Waals surface area contributed by atoms with E-state index in [0.717, 1.165) is 86.4 Å². The molecule has 56 heavy (non-hydrogen) atoms. The SMILES string of the molecule is CCCCCCCC/C=C\CCCC(CCCC/C=C(\C#N)c1cn(C(=O)CCCC[C@@H]2SC[C@@H]3NC(=O)N[C@@H]32)c2ccccc12)c1nccc2ccccc12. The Labute approximate surface area is 338 Å². The number of amides is 2. The lowest BCUT2D eigenvalue weighted by atomic mass is 9.89. The molecule has 2 amide bonds. The Morgan fingerprint density at radius 3 is 2.50 bits per heavy atom. The van der Waals surface area contributed by atoms with Gasteiger partial charge >= 0.3 is 6.03 Å². The van der Waals surface area contributed by atoms with Crippen LogP contribution in [0.25, 0.3) is 27.2 Å². The molecular formula is C48H61N5O2S. The fraction of sp³-hybridized carbons (Fsp3) is 0.500. The number of allylic oxidation sites excluding steroid dienone is 4. The lowest BCUT2D eigenvalue weighted by molar-refractivity contribution is 0.0904. The van der Waals surface area contributed by atoms with Crippen molar-refractivity contribution in [3.8, 4) is 6.07 Å². The van der Waals surface area contributed by atoms with Crippen molar-refractivity contribution in [2.75, 3.05) is 5.75 Å². The van der Waals surface area contributed by atoms with Gasteiger partial charge in [-0.1, -0.05) is 113 Å². The number of nitrogens with one attached hydrogen (secondary N) is 2. The quantitative estimate of drug-likeness (QED) is 0.0338. The van der Waals surface area contributed by atoms with Gasteiger partial charge in [0.2, 0.25) is 5.91 Å². The van der Waals surface area contributed by atoms with Gasteiger partial charge in [0.15, 0.2) is 0 Å². The van der Waals surface area contributed by atoms with Gasteiger partial charge in [0.1, 0.15) is 0 Å². The summed E-state index contributed by atoms with van der Waals surface area (Å²) in [4.78, 5) is 30.2. The first-order valence-corrected chi connectivity index (χ1v) is 22.5. The zero-order valence-electron chi connectivity index (χ0n) is 33.4. The number of benzene rings is 2. The maximum atomic E-state index is 13.5. The molecule has 0 bridgehead atoms. The normalized spacial score (nSPS) is 18.7. The van der Waals surface area contributed by atoms with E-state index in [1.807, 2.05) is 48.4 Å². The highest BCUT2D eigenvalue weighted by Gasteiger charge is 2.42. The molecule has 4 atom stereocenters. The molecule has 6 rings (SSSR count). The number of rotatable bonds is 23. The highest BCUT2D eigenvalue weighted by molar-refractivity contribution is 8.00. The number of aromatic nitrogens is 2. The minimum atomic E-state index is -0.0623. The Morgan fingerprint density at radius 2 is 1.64 bits per heavy atom. The predicted molar refractivity (Wildman–Crippen MR) is 234 cm³/mol. The summed E-state index contributed by atoms with van der Waals surface area (Å²) in [5, 5.41) is 20.2. The summed E-state index contributed by atoms with van der Waals surface area (Å²) in [5.41, 5.74) is 3.53. The smallest absolute Gasteiger partial charge is 0.315 e. The first kappa shape index (κ1) is 41.3. The number of hydrogen-bond acceptors (Lipinski definition) is 5. The molecule has 4 aromatic rings. The Hall–Kier alpha value is -4.35. The van der Waals surface area contributed by atoms with Crippen molar-refractivity contribution in [2.24, 2.45) is 0 Å². The van der Waals surface area contributed by atoms with Crippen LogP contribution in [0, 0.1) is 11.3 Å². The van der Waals surface area contributed by atoms with E-state index in [9.17, 15) is 14.9 Å². The van der Waals surface area contributed by atoms with Crippen molar-refractivity contribution in [1.82, 2.24) is 20.2 Å². The Bertz CT molecular complexity index is 1990. The number of carbonyl (C=O) groups excluding carboxylic acids is 2. The maximum absolute atomic E-state index is 13.5. The third kappa shape index (κ3) is 11.2. The van der Waals surface area contributed by atoms with Gasteiger partial charge in [-0.05, 0) is 81.7 Å². The number of thioether (sulfide) groups is 1. The molecule has 4 heterocycles. The largest absolute Gasteiger partial charge is 0.332 e. The van der Waals surface area contributed by atoms with Crippen molar-refractivity contribution >= 4 is 50.9 Å². The minimum absolute atomic E-state index is 0.0545. The van der Waals surface area contributed by atoms with Crippen LogP contribution in [0.2, 0.25) is 0 Å². The van der Waals surface area contributed by atoms with E-state index < -0.39 is 0 Å². The third-order valence-electron chi connectivity index (χ3n) is 11.7. The van der Waals surface area contributed by atoms with E-state index in [1.165, 1.54) is 61.4 Å². The van der Waals surface area contributed by atoms with Crippen LogP contribution in [-0.4, -0.2) is 44.6 Å². The van der Waals surface area contributed by atoms with Gasteiger partial charge in [-0.15, -0.1) is 0 Å². The van der Waals surface area contributed by atoms with E-state index in [1.54, 1.807) is 4.57 Å². The van der Waals surface area contributed by atoms with Crippen LogP contribution >= 0.6 is 11.8 Å². The zero-order valence-corrected chi connectivity index (χ0v) is 34.2. The number of nitrogens with zero attached hydrogens (tertiary/aromatic N) is 3. The summed E-state index contributed by atoms with van der Waals surface area (Å²) in [5.74, 6) is 1.39. The number of urea groups is 1. The summed E-state index contributed by atoms with van der Waals surface area (Å²) in [6, 6.07) is 21.5. The first-order valence-electron chi connectivity index (χ1n) is 21.5. The third-order valence-corrected chi connectivity index (χ3v) is 13.2. The van der Waals surface area contributed by atoms with Crippen LogP contribution in [0.15, 0.2) is 85.2 Å². The molecule has 2 aliphatic rings. The molecule has 296 valence electrons. The average Bonchev–Trinajstić information content (AvgIpc) is 3.91. The molecule has 7 nitrogen and oxygen atoms in total. The molecular weight excluding hydrogens is 711 g/mol. The van der Waals surface area contributed by atoms with Crippen molar-refractivity contribution in [3.63, 3.8) is 0 Å². The molecule has 2 saturated heterocycles. The molecule has 8 heteroatoms. The molecule has 2 aliphatic heterocycles. The maximum Gasteiger partial charge on any atom is 0.315 e. The second-order valence-corrected chi connectivity index (χ2v) is 17.1. The average molecular weight is 772 g/mol. The molecule has 2 aromatic heterocycles. The number of para-hydroxylation sites is 1. The van der Waals surface area contributed by atoms with Crippen LogP contribution < -0.4 is 10.6 Å². The van der Waals surface area contributed by atoms with E-state index in [-0.39, 0.29) is 24.0 Å². The summed E-state index contributed by atoms with van der Waals surface area (Å²) in [7, 11) is 0. The molecule has 0 saturated carbocycles. The van der Waals surface area contributed by atoms with Gasteiger partial charge in [0.25, 0.3) is 0 Å². The monoisotopic (exact) mass is 771 g/mol. The van der Waals surface area contributed by atoms with Crippen molar-refractivity contribution < 1.29 is 9.59 Å². The molecule has 2 fully saturated rings. The summed E-state index contributed by atoms with van der Waals surface area (Å²) < 4.78 is 1.75. The topological polar surface area (TPSA) is 99.8 Å². The highest BCUT2D eigenvalue weighted by Crippen LogP contribution is 2.35. The molecule has 0 spiro atoms. The van der Waals surface area contributed by atoms with Gasteiger partial charge < -0.3 is 10.6 Å². The molecule has 2 aromatic carbocycles. The van der Waals surface area contributed by atoms with E-state index >= 15 is 0 Å². The predicted octanol–water partition coefficient (Wildman–Crippen LogP) is 12.3. The van der Waals surface area contributed by atoms with Gasteiger partial charge in [-0.25, -0.2) is 4.79 Å². The first-order chi connectivity index (χ1) is 27.6. The number of hydrogen-bond donors (Lipinski definition) is 2. The summed E-state index contributed by atoms with van der Waals surface area (Å²) in [6.07, 6.45) is 30.4. The fourth-order valence-corrected chi connectivity index (χ4v) is 10.2.